The Morgan fingerprint density at radius 1 is 0.837 bits per heavy atom. The summed E-state index contributed by atoms with van der Waals surface area (Å²) in [6.07, 6.45) is -4.81. The lowest BCUT2D eigenvalue weighted by atomic mass is 9.81. The molecular weight excluding hydrogens is 672 g/mol. The fourth-order valence-corrected chi connectivity index (χ4v) is 9.34. The largest absolute Gasteiger partial charge is 0.418 e. The first-order chi connectivity index (χ1) is 23.2. The van der Waals surface area contributed by atoms with Crippen molar-refractivity contribution in [1.29, 1.82) is 0 Å². The highest BCUT2D eigenvalue weighted by Crippen LogP contribution is 2.54. The summed E-state index contributed by atoms with van der Waals surface area (Å²) in [6.45, 7) is 5.80. The van der Waals surface area contributed by atoms with Gasteiger partial charge in [0.2, 0.25) is 17.7 Å². The van der Waals surface area contributed by atoms with E-state index in [0.29, 0.717) is 26.1 Å². The van der Waals surface area contributed by atoms with Gasteiger partial charge in [-0.3, -0.25) is 23.7 Å². The van der Waals surface area contributed by atoms with Gasteiger partial charge in [-0.15, -0.1) is 0 Å². The highest BCUT2D eigenvalue weighted by Gasteiger charge is 2.57. The van der Waals surface area contributed by atoms with Crippen molar-refractivity contribution in [3.8, 4) is 0 Å². The lowest BCUT2D eigenvalue weighted by Crippen LogP contribution is -2.33. The first kappa shape index (κ1) is 32.8. The van der Waals surface area contributed by atoms with E-state index in [2.05, 4.69) is 26.1 Å². The number of carbonyl (C=O) groups is 3. The molecule has 0 aliphatic carbocycles. The summed E-state index contributed by atoms with van der Waals surface area (Å²) < 4.78 is 43.6. The van der Waals surface area contributed by atoms with Crippen LogP contribution in [0, 0.1) is 5.92 Å². The maximum absolute atomic E-state index is 14.2. The number of para-hydroxylation sites is 1. The minimum Gasteiger partial charge on any atom is -0.325 e. The van der Waals surface area contributed by atoms with Gasteiger partial charge >= 0.3 is 11.0 Å². The number of carbonyl (C=O) groups excluding carboxylic acids is 3. The van der Waals surface area contributed by atoms with Gasteiger partial charge in [-0.25, -0.2) is 4.90 Å². The zero-order chi connectivity index (χ0) is 34.8. The molecule has 4 aromatic carbocycles. The first-order valence-electron chi connectivity index (χ1n) is 15.6. The summed E-state index contributed by atoms with van der Waals surface area (Å²) in [7, 11) is 0. The molecule has 2 aliphatic rings. The summed E-state index contributed by atoms with van der Waals surface area (Å²) in [5, 5.41) is 3.99. The quantitative estimate of drug-likeness (QED) is 0.189. The molecule has 0 spiro atoms. The molecule has 49 heavy (non-hydrogen) atoms. The zero-order valence-corrected chi connectivity index (χ0v) is 28.2. The van der Waals surface area contributed by atoms with Crippen LogP contribution < -0.4 is 15.1 Å². The number of halogens is 3. The summed E-state index contributed by atoms with van der Waals surface area (Å²) in [5.41, 5.74) is 0.398. The number of nitrogens with zero attached hydrogens (tertiary/aromatic N) is 2. The Bertz CT molecular complexity index is 2200. The van der Waals surface area contributed by atoms with Crippen LogP contribution in [0.4, 0.5) is 24.5 Å². The van der Waals surface area contributed by atoms with Gasteiger partial charge in [0.25, 0.3) is 0 Å². The average Bonchev–Trinajstić information content (AvgIpc) is 3.50. The molecule has 1 saturated heterocycles. The van der Waals surface area contributed by atoms with Gasteiger partial charge in [0.05, 0.1) is 22.2 Å². The van der Waals surface area contributed by atoms with Crippen molar-refractivity contribution in [2.24, 2.45) is 5.92 Å². The Kier molecular flexibility index (Phi) is 8.06. The molecule has 3 atom stereocenters. The molecule has 3 heterocycles. The molecule has 12 heteroatoms. The van der Waals surface area contributed by atoms with Crippen LogP contribution in [-0.4, -0.2) is 27.5 Å². The van der Waals surface area contributed by atoms with E-state index >= 15 is 0 Å². The summed E-state index contributed by atoms with van der Waals surface area (Å²) in [4.78, 5) is 55.8. The Labute approximate surface area is 287 Å². The number of anilines is 2. The van der Waals surface area contributed by atoms with Crippen LogP contribution in [0.5, 0.6) is 0 Å². The van der Waals surface area contributed by atoms with Crippen molar-refractivity contribution in [3.63, 3.8) is 0 Å². The maximum Gasteiger partial charge on any atom is 0.418 e. The van der Waals surface area contributed by atoms with Gasteiger partial charge in [-0.05, 0) is 51.6 Å². The van der Waals surface area contributed by atoms with E-state index in [-0.39, 0.29) is 12.0 Å². The number of aromatic nitrogens is 1. The third-order valence-corrected chi connectivity index (χ3v) is 11.6. The van der Waals surface area contributed by atoms with Crippen LogP contribution in [0.2, 0.25) is 0 Å². The molecule has 1 aromatic heterocycles. The molecule has 5 aromatic rings. The summed E-state index contributed by atoms with van der Waals surface area (Å²) in [6, 6.07) is 25.2. The Morgan fingerprint density at radius 2 is 1.51 bits per heavy atom. The standard InChI is InChI=1S/C37H30F3N3O4S2/c1-36(2,3)23-15-12-21(13-16-23)28-29-30(33(46)43(32(29)45)26-11-7-6-10-25(26)37(38,39)40)48-34-31(28)49-35(47)42(34)19-27(44)41-24-17-14-20-8-4-5-9-22(20)18-24/h4-18,28-30H,19H2,1-3H3,(H,41,44). The van der Waals surface area contributed by atoms with Crippen molar-refractivity contribution in [3.05, 3.63) is 122 Å². The van der Waals surface area contributed by atoms with Crippen LogP contribution in [0.1, 0.15) is 48.3 Å². The number of hydrogen-bond donors (Lipinski definition) is 1. The number of thiazole rings is 1. The molecule has 7 rings (SSSR count). The van der Waals surface area contributed by atoms with Crippen molar-refractivity contribution >= 4 is 63.0 Å². The summed E-state index contributed by atoms with van der Waals surface area (Å²) in [5.74, 6) is -3.93. The molecule has 3 unspecified atom stereocenters. The fraction of sp³-hybridized carbons (Fsp3) is 0.243. The molecule has 0 saturated carbocycles. The number of amides is 3. The molecular formula is C37H30F3N3O4S2. The normalized spacial score (nSPS) is 19.2. The monoisotopic (exact) mass is 701 g/mol. The Balaban J connectivity index is 1.29. The van der Waals surface area contributed by atoms with Crippen LogP contribution >= 0.6 is 23.1 Å². The van der Waals surface area contributed by atoms with E-state index in [9.17, 15) is 32.3 Å². The van der Waals surface area contributed by atoms with Gasteiger partial charge in [-0.1, -0.05) is 111 Å². The highest BCUT2D eigenvalue weighted by molar-refractivity contribution is 8.00. The van der Waals surface area contributed by atoms with E-state index < -0.39 is 57.1 Å². The predicted octanol–water partition coefficient (Wildman–Crippen LogP) is 7.81. The van der Waals surface area contributed by atoms with Crippen LogP contribution in [0.15, 0.2) is 101 Å². The second kappa shape index (κ2) is 12.0. The van der Waals surface area contributed by atoms with Crippen molar-refractivity contribution in [2.45, 2.75) is 55.1 Å². The Hall–Kier alpha value is -4.68. The number of imide groups is 1. The van der Waals surface area contributed by atoms with Crippen molar-refractivity contribution in [1.82, 2.24) is 4.57 Å². The van der Waals surface area contributed by atoms with E-state index in [1.54, 1.807) is 6.07 Å². The third-order valence-electron chi connectivity index (χ3n) is 8.97. The van der Waals surface area contributed by atoms with E-state index in [1.165, 1.54) is 16.7 Å². The lowest BCUT2D eigenvalue weighted by molar-refractivity contribution is -0.137. The second-order valence-corrected chi connectivity index (χ2v) is 15.3. The maximum atomic E-state index is 14.2. The van der Waals surface area contributed by atoms with E-state index in [0.717, 1.165) is 51.6 Å². The van der Waals surface area contributed by atoms with Crippen LogP contribution in [-0.2, 0) is 32.5 Å². The van der Waals surface area contributed by atoms with Crippen LogP contribution in [0.3, 0.4) is 0 Å². The molecule has 0 radical (unpaired) electrons. The second-order valence-electron chi connectivity index (χ2n) is 13.2. The smallest absolute Gasteiger partial charge is 0.325 e. The fourth-order valence-electron chi connectivity index (χ4n) is 6.56. The number of fused-ring (bicyclic) bond motifs is 3. The van der Waals surface area contributed by atoms with Crippen LogP contribution in [0.25, 0.3) is 10.8 Å². The SMILES string of the molecule is CC(C)(C)c1ccc(C2c3sc(=O)n(CC(=O)Nc4ccc5ccccc5c4)c3SC3C(=O)N(c4ccccc4C(F)(F)F)C(=O)C32)cc1. The third kappa shape index (κ3) is 5.86. The summed E-state index contributed by atoms with van der Waals surface area (Å²) >= 11 is 1.84. The molecule has 2 aliphatic heterocycles. The predicted molar refractivity (Wildman–Crippen MR) is 185 cm³/mol. The highest BCUT2D eigenvalue weighted by atomic mass is 32.2. The average molecular weight is 702 g/mol. The number of nitrogens with one attached hydrogen (secondary N) is 1. The molecule has 250 valence electrons. The number of thioether (sulfide) groups is 1. The number of hydrogen-bond acceptors (Lipinski definition) is 6. The number of rotatable bonds is 5. The molecule has 1 N–H and O–H groups in total. The van der Waals surface area contributed by atoms with Crippen molar-refractivity contribution < 1.29 is 27.6 Å². The minimum absolute atomic E-state index is 0.182. The van der Waals surface area contributed by atoms with E-state index in [4.69, 9.17) is 0 Å². The van der Waals surface area contributed by atoms with Gasteiger partial charge in [0.15, 0.2) is 0 Å². The number of benzene rings is 4. The topological polar surface area (TPSA) is 88.5 Å². The number of alkyl halides is 3. The molecule has 7 nitrogen and oxygen atoms in total. The van der Waals surface area contributed by atoms with Crippen molar-refractivity contribution in [2.75, 3.05) is 10.2 Å². The first-order valence-corrected chi connectivity index (χ1v) is 17.3. The minimum atomic E-state index is -4.81. The van der Waals surface area contributed by atoms with Gasteiger partial charge in [0, 0.05) is 16.5 Å². The zero-order valence-electron chi connectivity index (χ0n) is 26.6. The molecule has 1 fully saturated rings. The van der Waals surface area contributed by atoms with Gasteiger partial charge in [0.1, 0.15) is 11.8 Å². The van der Waals surface area contributed by atoms with Gasteiger partial charge in [-0.2, -0.15) is 13.2 Å². The lowest BCUT2D eigenvalue weighted by Gasteiger charge is -2.31. The molecule has 0 bridgehead atoms. The van der Waals surface area contributed by atoms with Gasteiger partial charge < -0.3 is 5.32 Å². The van der Waals surface area contributed by atoms with E-state index in [1.807, 2.05) is 60.7 Å². The Morgan fingerprint density at radius 3 is 2.20 bits per heavy atom. The molecule has 3 amide bonds.